The molecule has 1 saturated heterocycles. The Hall–Kier alpha value is -1.82. The van der Waals surface area contributed by atoms with Crippen molar-refractivity contribution in [1.29, 1.82) is 0 Å². The lowest BCUT2D eigenvalue weighted by Crippen LogP contribution is -2.14. The number of carbonyl (C=O) groups excluding carboxylic acids is 1. The summed E-state index contributed by atoms with van der Waals surface area (Å²) in [7, 11) is 0. The number of nitrogen functional groups attached to an aromatic ring is 1. The van der Waals surface area contributed by atoms with Crippen LogP contribution in [0.3, 0.4) is 0 Å². The van der Waals surface area contributed by atoms with Gasteiger partial charge < -0.3 is 20.5 Å². The van der Waals surface area contributed by atoms with Gasteiger partial charge in [-0.25, -0.2) is 9.78 Å². The first-order valence-corrected chi connectivity index (χ1v) is 6.95. The maximum Gasteiger partial charge on any atom is 0.340 e. The molecule has 1 fully saturated rings. The van der Waals surface area contributed by atoms with Crippen molar-refractivity contribution in [2.75, 3.05) is 37.4 Å². The molecular formula is C14H21N3O3. The van der Waals surface area contributed by atoms with E-state index in [1.807, 2.05) is 0 Å². The van der Waals surface area contributed by atoms with Crippen LogP contribution in [-0.2, 0) is 9.47 Å². The molecule has 0 spiro atoms. The highest BCUT2D eigenvalue weighted by Crippen LogP contribution is 2.22. The molecule has 20 heavy (non-hydrogen) atoms. The Kier molecular flexibility index (Phi) is 5.17. The van der Waals surface area contributed by atoms with E-state index in [9.17, 15) is 4.79 Å². The summed E-state index contributed by atoms with van der Waals surface area (Å²) in [6.45, 7) is 4.53. The lowest BCUT2D eigenvalue weighted by Gasteiger charge is -2.12. The first-order valence-electron chi connectivity index (χ1n) is 6.95. The van der Waals surface area contributed by atoms with E-state index in [1.165, 1.54) is 0 Å². The smallest absolute Gasteiger partial charge is 0.340 e. The molecule has 1 atom stereocenters. The minimum absolute atomic E-state index is 0.324. The van der Waals surface area contributed by atoms with Crippen LogP contribution in [0.5, 0.6) is 0 Å². The average Bonchev–Trinajstić information content (AvgIpc) is 2.94. The van der Waals surface area contributed by atoms with E-state index in [-0.39, 0.29) is 0 Å². The Balaban J connectivity index is 1.93. The fourth-order valence-corrected chi connectivity index (χ4v) is 2.21. The van der Waals surface area contributed by atoms with Gasteiger partial charge in [0.2, 0.25) is 0 Å². The van der Waals surface area contributed by atoms with Gasteiger partial charge in [0.05, 0.1) is 17.9 Å². The largest absolute Gasteiger partial charge is 0.462 e. The molecule has 2 heterocycles. The van der Waals surface area contributed by atoms with E-state index in [1.54, 1.807) is 19.2 Å². The summed E-state index contributed by atoms with van der Waals surface area (Å²) >= 11 is 0. The molecule has 0 saturated carbocycles. The minimum atomic E-state index is -0.417. The van der Waals surface area contributed by atoms with Gasteiger partial charge in [0.1, 0.15) is 5.82 Å². The normalized spacial score (nSPS) is 17.9. The van der Waals surface area contributed by atoms with Crippen molar-refractivity contribution in [3.05, 3.63) is 17.8 Å². The summed E-state index contributed by atoms with van der Waals surface area (Å²) in [5.74, 6) is 0.714. The van der Waals surface area contributed by atoms with Gasteiger partial charge in [0.15, 0.2) is 0 Å². The molecular weight excluding hydrogens is 258 g/mol. The summed E-state index contributed by atoms with van der Waals surface area (Å²) in [5, 5.41) is 3.18. The summed E-state index contributed by atoms with van der Waals surface area (Å²) in [5.41, 5.74) is 6.65. The van der Waals surface area contributed by atoms with E-state index < -0.39 is 5.97 Å². The zero-order valence-electron chi connectivity index (χ0n) is 11.7. The molecule has 6 heteroatoms. The van der Waals surface area contributed by atoms with Gasteiger partial charge in [-0.05, 0) is 31.7 Å². The number of hydrogen-bond donors (Lipinski definition) is 2. The molecule has 1 unspecified atom stereocenters. The third-order valence-corrected chi connectivity index (χ3v) is 3.35. The highest BCUT2D eigenvalue weighted by molar-refractivity contribution is 5.97. The molecule has 0 amide bonds. The summed E-state index contributed by atoms with van der Waals surface area (Å²) in [4.78, 5) is 15.9. The zero-order chi connectivity index (χ0) is 14.4. The van der Waals surface area contributed by atoms with Crippen LogP contribution in [-0.4, -0.2) is 37.3 Å². The highest BCUT2D eigenvalue weighted by Gasteiger charge is 2.17. The van der Waals surface area contributed by atoms with E-state index in [4.69, 9.17) is 15.2 Å². The quantitative estimate of drug-likeness (QED) is 0.770. The van der Waals surface area contributed by atoms with Crippen molar-refractivity contribution < 1.29 is 14.3 Å². The van der Waals surface area contributed by atoms with Crippen LogP contribution in [0, 0.1) is 5.92 Å². The third kappa shape index (κ3) is 3.60. The molecule has 0 aliphatic carbocycles. The predicted molar refractivity (Wildman–Crippen MR) is 76.6 cm³/mol. The Morgan fingerprint density at radius 2 is 2.50 bits per heavy atom. The van der Waals surface area contributed by atoms with Crippen LogP contribution in [0.25, 0.3) is 0 Å². The van der Waals surface area contributed by atoms with Gasteiger partial charge in [-0.2, -0.15) is 0 Å². The van der Waals surface area contributed by atoms with Crippen molar-refractivity contribution >= 4 is 17.5 Å². The van der Waals surface area contributed by atoms with E-state index in [2.05, 4.69) is 10.3 Å². The van der Waals surface area contributed by atoms with Gasteiger partial charge in [-0.1, -0.05) is 0 Å². The molecule has 1 aromatic heterocycles. The molecule has 1 aromatic rings. The number of aromatic nitrogens is 1. The van der Waals surface area contributed by atoms with Crippen molar-refractivity contribution in [1.82, 2.24) is 4.98 Å². The first-order chi connectivity index (χ1) is 9.72. The van der Waals surface area contributed by atoms with Crippen molar-refractivity contribution in [3.63, 3.8) is 0 Å². The number of carbonyl (C=O) groups is 1. The Morgan fingerprint density at radius 3 is 3.20 bits per heavy atom. The first kappa shape index (κ1) is 14.6. The zero-order valence-corrected chi connectivity index (χ0v) is 11.7. The molecule has 2 rings (SSSR count). The van der Waals surface area contributed by atoms with Gasteiger partial charge in [0, 0.05) is 26.0 Å². The second-order valence-electron chi connectivity index (χ2n) is 4.79. The van der Waals surface area contributed by atoms with Gasteiger partial charge in [-0.15, -0.1) is 0 Å². The molecule has 3 N–H and O–H groups in total. The summed E-state index contributed by atoms with van der Waals surface area (Å²) in [6.07, 6.45) is 3.67. The van der Waals surface area contributed by atoms with Crippen LogP contribution < -0.4 is 11.1 Å². The van der Waals surface area contributed by atoms with Crippen LogP contribution >= 0.6 is 0 Å². The van der Waals surface area contributed by atoms with E-state index in [0.29, 0.717) is 29.6 Å². The number of nitrogens with one attached hydrogen (secondary N) is 1. The molecule has 0 bridgehead atoms. The monoisotopic (exact) mass is 279 g/mol. The van der Waals surface area contributed by atoms with Gasteiger partial charge in [0.25, 0.3) is 0 Å². The fourth-order valence-electron chi connectivity index (χ4n) is 2.21. The highest BCUT2D eigenvalue weighted by atomic mass is 16.5. The number of pyridine rings is 1. The lowest BCUT2D eigenvalue weighted by molar-refractivity contribution is 0.0527. The summed E-state index contributed by atoms with van der Waals surface area (Å²) < 4.78 is 10.3. The van der Waals surface area contributed by atoms with Crippen LogP contribution in [0.2, 0.25) is 0 Å². The Labute approximate surface area is 118 Å². The average molecular weight is 279 g/mol. The SMILES string of the molecule is CCOC(=O)c1ccnc(NCCC2CCOC2)c1N. The van der Waals surface area contributed by atoms with Crippen molar-refractivity contribution in [3.8, 4) is 0 Å². The maximum absolute atomic E-state index is 11.7. The summed E-state index contributed by atoms with van der Waals surface area (Å²) in [6, 6.07) is 1.57. The number of hydrogen-bond acceptors (Lipinski definition) is 6. The molecule has 1 aliphatic heterocycles. The van der Waals surface area contributed by atoms with Crippen LogP contribution in [0.15, 0.2) is 12.3 Å². The van der Waals surface area contributed by atoms with Crippen LogP contribution in [0.4, 0.5) is 11.5 Å². The molecule has 6 nitrogen and oxygen atoms in total. The number of rotatable bonds is 6. The number of nitrogens with zero attached hydrogens (tertiary/aromatic N) is 1. The molecule has 0 radical (unpaired) electrons. The van der Waals surface area contributed by atoms with Crippen molar-refractivity contribution in [2.24, 2.45) is 5.92 Å². The molecule has 0 aromatic carbocycles. The van der Waals surface area contributed by atoms with Crippen LogP contribution in [0.1, 0.15) is 30.1 Å². The second-order valence-corrected chi connectivity index (χ2v) is 4.79. The van der Waals surface area contributed by atoms with E-state index in [0.717, 1.165) is 32.6 Å². The van der Waals surface area contributed by atoms with Gasteiger partial charge >= 0.3 is 5.97 Å². The molecule has 110 valence electrons. The Morgan fingerprint density at radius 1 is 1.65 bits per heavy atom. The van der Waals surface area contributed by atoms with Gasteiger partial charge in [-0.3, -0.25) is 0 Å². The fraction of sp³-hybridized carbons (Fsp3) is 0.571. The van der Waals surface area contributed by atoms with Crippen molar-refractivity contribution in [2.45, 2.75) is 19.8 Å². The second kappa shape index (κ2) is 7.09. The standard InChI is InChI=1S/C14H21N3O3/c1-2-20-14(18)11-4-7-17-13(12(11)15)16-6-3-10-5-8-19-9-10/h4,7,10H,2-3,5-6,8-9,15H2,1H3,(H,16,17). The number of anilines is 2. The maximum atomic E-state index is 11.7. The molecule has 1 aliphatic rings. The number of ether oxygens (including phenoxy) is 2. The van der Waals surface area contributed by atoms with E-state index >= 15 is 0 Å². The Bertz CT molecular complexity index is 459. The predicted octanol–water partition coefficient (Wildman–Crippen LogP) is 1.68. The minimum Gasteiger partial charge on any atom is -0.462 e. The number of esters is 1. The topological polar surface area (TPSA) is 86.5 Å². The lowest BCUT2D eigenvalue weighted by atomic mass is 10.1. The third-order valence-electron chi connectivity index (χ3n) is 3.35. The number of nitrogens with two attached hydrogens (primary N) is 1.